The van der Waals surface area contributed by atoms with Crippen LogP contribution in [0.25, 0.3) is 0 Å². The molecule has 1 unspecified atom stereocenters. The first-order valence-electron chi connectivity index (χ1n) is 6.39. The Morgan fingerprint density at radius 2 is 2.24 bits per heavy atom. The summed E-state index contributed by atoms with van der Waals surface area (Å²) >= 11 is 0. The Morgan fingerprint density at radius 3 is 2.94 bits per heavy atom. The monoisotopic (exact) mass is 234 g/mol. The van der Waals surface area contributed by atoms with Gasteiger partial charge in [0.15, 0.2) is 0 Å². The molecule has 1 heterocycles. The van der Waals surface area contributed by atoms with E-state index in [2.05, 4.69) is 29.4 Å². The first kappa shape index (κ1) is 12.2. The standard InChI is InChI=1S/C14H22N2O/c1-16(11-9-12-6-5-10-15-12)13-7-3-4-8-14(13)17-2/h3-4,7-8,12,15H,5-6,9-11H2,1-2H3. The van der Waals surface area contributed by atoms with E-state index in [1.165, 1.54) is 31.5 Å². The third-order valence-electron chi connectivity index (χ3n) is 3.47. The largest absolute Gasteiger partial charge is 0.495 e. The number of benzene rings is 1. The Bertz CT molecular complexity index is 348. The predicted octanol–water partition coefficient (Wildman–Crippen LogP) is 2.27. The summed E-state index contributed by atoms with van der Waals surface area (Å²) in [5.41, 5.74) is 1.17. The summed E-state index contributed by atoms with van der Waals surface area (Å²) in [4.78, 5) is 2.28. The van der Waals surface area contributed by atoms with E-state index >= 15 is 0 Å². The van der Waals surface area contributed by atoms with Crippen molar-refractivity contribution < 1.29 is 4.74 Å². The minimum atomic E-state index is 0.701. The molecule has 0 radical (unpaired) electrons. The summed E-state index contributed by atoms with van der Waals surface area (Å²) in [5.74, 6) is 0.953. The van der Waals surface area contributed by atoms with Gasteiger partial charge in [0, 0.05) is 19.6 Å². The number of rotatable bonds is 5. The summed E-state index contributed by atoms with van der Waals surface area (Å²) in [6.45, 7) is 2.25. The average Bonchev–Trinajstić information content (AvgIpc) is 2.89. The molecule has 3 heteroatoms. The fourth-order valence-electron chi connectivity index (χ4n) is 2.42. The molecule has 1 aromatic carbocycles. The Morgan fingerprint density at radius 1 is 1.41 bits per heavy atom. The third kappa shape index (κ3) is 3.13. The van der Waals surface area contributed by atoms with Crippen molar-refractivity contribution in [2.24, 2.45) is 0 Å². The maximum atomic E-state index is 5.38. The molecule has 1 aromatic rings. The lowest BCUT2D eigenvalue weighted by Gasteiger charge is -2.23. The van der Waals surface area contributed by atoms with Gasteiger partial charge in [-0.25, -0.2) is 0 Å². The highest BCUT2D eigenvalue weighted by Gasteiger charge is 2.15. The molecule has 1 aliphatic rings. The molecule has 3 nitrogen and oxygen atoms in total. The van der Waals surface area contributed by atoms with Crippen LogP contribution in [0.2, 0.25) is 0 Å². The summed E-state index contributed by atoms with van der Waals surface area (Å²) in [5, 5.41) is 3.53. The van der Waals surface area contributed by atoms with E-state index < -0.39 is 0 Å². The normalized spacial score (nSPS) is 19.3. The molecule has 1 fully saturated rings. The molecule has 94 valence electrons. The Kier molecular flexibility index (Phi) is 4.26. The molecule has 0 aromatic heterocycles. The lowest BCUT2D eigenvalue weighted by Crippen LogP contribution is -2.28. The van der Waals surface area contributed by atoms with Crippen LogP contribution in [0.1, 0.15) is 19.3 Å². The number of methoxy groups -OCH3 is 1. The van der Waals surface area contributed by atoms with E-state index in [4.69, 9.17) is 4.74 Å². The Labute approximate surface area is 104 Å². The van der Waals surface area contributed by atoms with Crippen LogP contribution in [0.15, 0.2) is 24.3 Å². The first-order valence-corrected chi connectivity index (χ1v) is 6.39. The molecule has 2 rings (SSSR count). The van der Waals surface area contributed by atoms with E-state index in [0.717, 1.165) is 12.3 Å². The van der Waals surface area contributed by atoms with Gasteiger partial charge >= 0.3 is 0 Å². The van der Waals surface area contributed by atoms with Crippen molar-refractivity contribution in [2.75, 3.05) is 32.1 Å². The van der Waals surface area contributed by atoms with E-state index in [1.807, 2.05) is 12.1 Å². The number of hydrogen-bond donors (Lipinski definition) is 1. The van der Waals surface area contributed by atoms with Gasteiger partial charge in [-0.1, -0.05) is 12.1 Å². The van der Waals surface area contributed by atoms with Gasteiger partial charge in [-0.2, -0.15) is 0 Å². The number of ether oxygens (including phenoxy) is 1. The number of para-hydroxylation sites is 2. The van der Waals surface area contributed by atoms with Crippen molar-refractivity contribution in [3.8, 4) is 5.75 Å². The summed E-state index contributed by atoms with van der Waals surface area (Å²) in [7, 11) is 3.86. The first-order chi connectivity index (χ1) is 8.31. The van der Waals surface area contributed by atoms with E-state index in [1.54, 1.807) is 7.11 Å². The van der Waals surface area contributed by atoms with Crippen molar-refractivity contribution in [2.45, 2.75) is 25.3 Å². The van der Waals surface area contributed by atoms with E-state index in [0.29, 0.717) is 6.04 Å². The van der Waals surface area contributed by atoms with Crippen LogP contribution in [0.5, 0.6) is 5.75 Å². The second-order valence-electron chi connectivity index (χ2n) is 4.68. The van der Waals surface area contributed by atoms with Crippen LogP contribution in [0, 0.1) is 0 Å². The van der Waals surface area contributed by atoms with Crippen molar-refractivity contribution in [1.82, 2.24) is 5.32 Å². The second kappa shape index (κ2) is 5.92. The SMILES string of the molecule is COc1ccccc1N(C)CCC1CCCN1. The van der Waals surface area contributed by atoms with Crippen LogP contribution < -0.4 is 15.0 Å². The zero-order valence-electron chi connectivity index (χ0n) is 10.8. The third-order valence-corrected chi connectivity index (χ3v) is 3.47. The average molecular weight is 234 g/mol. The van der Waals surface area contributed by atoms with Gasteiger partial charge in [-0.15, -0.1) is 0 Å². The lowest BCUT2D eigenvalue weighted by molar-refractivity contribution is 0.414. The maximum Gasteiger partial charge on any atom is 0.142 e. The Hall–Kier alpha value is -1.22. The van der Waals surface area contributed by atoms with Crippen LogP contribution in [-0.4, -0.2) is 33.3 Å². The van der Waals surface area contributed by atoms with Crippen molar-refractivity contribution in [3.05, 3.63) is 24.3 Å². The van der Waals surface area contributed by atoms with Gasteiger partial charge in [-0.05, 0) is 37.9 Å². The zero-order chi connectivity index (χ0) is 12.1. The number of nitrogens with zero attached hydrogens (tertiary/aromatic N) is 1. The van der Waals surface area contributed by atoms with Crippen molar-refractivity contribution in [3.63, 3.8) is 0 Å². The maximum absolute atomic E-state index is 5.38. The van der Waals surface area contributed by atoms with Crippen LogP contribution in [-0.2, 0) is 0 Å². The van der Waals surface area contributed by atoms with Crippen molar-refractivity contribution >= 4 is 5.69 Å². The lowest BCUT2D eigenvalue weighted by atomic mass is 10.1. The molecule has 0 bridgehead atoms. The van der Waals surface area contributed by atoms with Gasteiger partial charge < -0.3 is 15.0 Å². The van der Waals surface area contributed by atoms with Gasteiger partial charge in [0.1, 0.15) is 5.75 Å². The summed E-state index contributed by atoms with van der Waals surface area (Å²) in [6, 6.07) is 8.89. The molecule has 0 spiro atoms. The molecule has 17 heavy (non-hydrogen) atoms. The highest BCUT2D eigenvalue weighted by atomic mass is 16.5. The topological polar surface area (TPSA) is 24.5 Å². The number of anilines is 1. The molecule has 1 saturated heterocycles. The number of hydrogen-bond acceptors (Lipinski definition) is 3. The van der Waals surface area contributed by atoms with Crippen molar-refractivity contribution in [1.29, 1.82) is 0 Å². The highest BCUT2D eigenvalue weighted by molar-refractivity contribution is 5.57. The molecular formula is C14H22N2O. The van der Waals surface area contributed by atoms with Gasteiger partial charge in [0.25, 0.3) is 0 Å². The molecule has 0 amide bonds. The minimum absolute atomic E-state index is 0.701. The molecule has 1 N–H and O–H groups in total. The minimum Gasteiger partial charge on any atom is -0.495 e. The van der Waals surface area contributed by atoms with Gasteiger partial charge in [-0.3, -0.25) is 0 Å². The van der Waals surface area contributed by atoms with Crippen LogP contribution in [0.3, 0.4) is 0 Å². The fraction of sp³-hybridized carbons (Fsp3) is 0.571. The molecular weight excluding hydrogens is 212 g/mol. The smallest absolute Gasteiger partial charge is 0.142 e. The number of nitrogens with one attached hydrogen (secondary N) is 1. The molecule has 1 atom stereocenters. The molecule has 1 aliphatic heterocycles. The van der Waals surface area contributed by atoms with E-state index in [9.17, 15) is 0 Å². The summed E-state index contributed by atoms with van der Waals surface area (Å²) in [6.07, 6.45) is 3.84. The molecule has 0 aliphatic carbocycles. The second-order valence-corrected chi connectivity index (χ2v) is 4.68. The Balaban J connectivity index is 1.91. The van der Waals surface area contributed by atoms with Crippen LogP contribution >= 0.6 is 0 Å². The van der Waals surface area contributed by atoms with Crippen LogP contribution in [0.4, 0.5) is 5.69 Å². The fourth-order valence-corrected chi connectivity index (χ4v) is 2.42. The highest BCUT2D eigenvalue weighted by Crippen LogP contribution is 2.26. The van der Waals surface area contributed by atoms with E-state index in [-0.39, 0.29) is 0 Å². The zero-order valence-corrected chi connectivity index (χ0v) is 10.8. The quantitative estimate of drug-likeness (QED) is 0.846. The van der Waals surface area contributed by atoms with Gasteiger partial charge in [0.2, 0.25) is 0 Å². The van der Waals surface area contributed by atoms with Gasteiger partial charge in [0.05, 0.1) is 12.8 Å². The predicted molar refractivity (Wildman–Crippen MR) is 71.9 cm³/mol. The molecule has 0 saturated carbocycles. The summed E-state index contributed by atoms with van der Waals surface area (Å²) < 4.78 is 5.38.